The van der Waals surface area contributed by atoms with Gasteiger partial charge in [0.2, 0.25) is 5.91 Å². The average Bonchev–Trinajstić information content (AvgIpc) is 2.47. The van der Waals surface area contributed by atoms with Crippen LogP contribution in [0.4, 0.5) is 0 Å². The van der Waals surface area contributed by atoms with Gasteiger partial charge in [0.05, 0.1) is 19.6 Å². The quantitative estimate of drug-likeness (QED) is 0.813. The lowest BCUT2D eigenvalue weighted by Crippen LogP contribution is -2.36. The number of nitrogens with zero attached hydrogens (tertiary/aromatic N) is 1. The first-order valence-corrected chi connectivity index (χ1v) is 7.34. The Hall–Kier alpha value is -1.39. The lowest BCUT2D eigenvalue weighted by atomic mass is 9.90. The highest BCUT2D eigenvalue weighted by Gasteiger charge is 2.15. The molecule has 0 aromatic heterocycles. The Morgan fingerprint density at radius 2 is 1.70 bits per heavy atom. The molecule has 1 aromatic rings. The Morgan fingerprint density at radius 3 is 2.35 bits per heavy atom. The van der Waals surface area contributed by atoms with Crippen LogP contribution < -0.4 is 0 Å². The van der Waals surface area contributed by atoms with Crippen LogP contribution in [0.5, 0.6) is 0 Å². The second-order valence-electron chi connectivity index (χ2n) is 5.31. The first-order chi connectivity index (χ1) is 9.74. The van der Waals surface area contributed by atoms with Gasteiger partial charge in [0.25, 0.3) is 0 Å². The van der Waals surface area contributed by atoms with Crippen LogP contribution in [-0.4, -0.2) is 47.3 Å². The Labute approximate surface area is 120 Å². The summed E-state index contributed by atoms with van der Waals surface area (Å²) >= 11 is 0. The summed E-state index contributed by atoms with van der Waals surface area (Å²) in [6.45, 7) is 0.417. The van der Waals surface area contributed by atoms with Gasteiger partial charge in [0, 0.05) is 13.1 Å². The number of amides is 1. The van der Waals surface area contributed by atoms with Crippen LogP contribution >= 0.6 is 0 Å². The van der Waals surface area contributed by atoms with E-state index in [-0.39, 0.29) is 32.2 Å². The van der Waals surface area contributed by atoms with E-state index in [2.05, 4.69) is 12.1 Å². The first kappa shape index (κ1) is 15.0. The second-order valence-corrected chi connectivity index (χ2v) is 5.31. The third-order valence-electron chi connectivity index (χ3n) is 3.86. The fourth-order valence-corrected chi connectivity index (χ4v) is 2.79. The molecule has 2 N–H and O–H groups in total. The molecule has 110 valence electrons. The van der Waals surface area contributed by atoms with Crippen molar-refractivity contribution in [3.05, 3.63) is 34.9 Å². The Bertz CT molecular complexity index is 453. The van der Waals surface area contributed by atoms with Crippen LogP contribution in [0.3, 0.4) is 0 Å². The highest BCUT2D eigenvalue weighted by atomic mass is 16.3. The van der Waals surface area contributed by atoms with Crippen molar-refractivity contribution >= 4 is 5.91 Å². The van der Waals surface area contributed by atoms with Crippen LogP contribution in [-0.2, 0) is 24.1 Å². The van der Waals surface area contributed by atoms with E-state index in [1.54, 1.807) is 0 Å². The largest absolute Gasteiger partial charge is 0.395 e. The summed E-state index contributed by atoms with van der Waals surface area (Å²) in [5, 5.41) is 17.9. The van der Waals surface area contributed by atoms with Crippen LogP contribution in [0, 0.1) is 0 Å². The van der Waals surface area contributed by atoms with Gasteiger partial charge < -0.3 is 15.1 Å². The number of rotatable bonds is 6. The van der Waals surface area contributed by atoms with Gasteiger partial charge in [-0.25, -0.2) is 0 Å². The lowest BCUT2D eigenvalue weighted by Gasteiger charge is -2.21. The molecule has 0 saturated carbocycles. The fourth-order valence-electron chi connectivity index (χ4n) is 2.79. The summed E-state index contributed by atoms with van der Waals surface area (Å²) in [6, 6.07) is 6.31. The number of carbonyl (C=O) groups is 1. The molecular weight excluding hydrogens is 254 g/mol. The van der Waals surface area contributed by atoms with Gasteiger partial charge in [-0.05, 0) is 42.4 Å². The molecule has 0 atom stereocenters. The highest BCUT2D eigenvalue weighted by molar-refractivity contribution is 5.78. The van der Waals surface area contributed by atoms with Crippen molar-refractivity contribution in [2.45, 2.75) is 32.1 Å². The second kappa shape index (κ2) is 7.41. The van der Waals surface area contributed by atoms with E-state index in [0.29, 0.717) is 6.42 Å². The molecular formula is C16H23NO3. The maximum Gasteiger partial charge on any atom is 0.227 e. The number of hydrogen-bond acceptors (Lipinski definition) is 3. The summed E-state index contributed by atoms with van der Waals surface area (Å²) in [5.74, 6) is -0.0381. The predicted molar refractivity (Wildman–Crippen MR) is 77.5 cm³/mol. The number of aliphatic hydroxyl groups is 2. The summed E-state index contributed by atoms with van der Waals surface area (Å²) < 4.78 is 0. The van der Waals surface area contributed by atoms with E-state index in [9.17, 15) is 4.79 Å². The smallest absolute Gasteiger partial charge is 0.227 e. The molecule has 4 heteroatoms. The monoisotopic (exact) mass is 277 g/mol. The maximum atomic E-state index is 12.2. The van der Waals surface area contributed by atoms with Gasteiger partial charge in [0.1, 0.15) is 0 Å². The molecule has 0 spiro atoms. The van der Waals surface area contributed by atoms with Crippen molar-refractivity contribution < 1.29 is 15.0 Å². The van der Waals surface area contributed by atoms with Crippen LogP contribution in [0.2, 0.25) is 0 Å². The summed E-state index contributed by atoms with van der Waals surface area (Å²) in [7, 11) is 0. The minimum atomic E-state index is -0.0735. The molecule has 0 saturated heterocycles. The summed E-state index contributed by atoms with van der Waals surface area (Å²) in [6.07, 6.45) is 5.07. The third kappa shape index (κ3) is 3.81. The molecule has 0 unspecified atom stereocenters. The van der Waals surface area contributed by atoms with Crippen LogP contribution in [0.1, 0.15) is 29.5 Å². The summed E-state index contributed by atoms with van der Waals surface area (Å²) in [5.41, 5.74) is 3.81. The maximum absolute atomic E-state index is 12.2. The van der Waals surface area contributed by atoms with Crippen molar-refractivity contribution in [1.82, 2.24) is 4.90 Å². The zero-order chi connectivity index (χ0) is 14.4. The molecule has 0 heterocycles. The first-order valence-electron chi connectivity index (χ1n) is 7.34. The molecule has 0 bridgehead atoms. The molecule has 1 aliphatic carbocycles. The topological polar surface area (TPSA) is 60.8 Å². The van der Waals surface area contributed by atoms with Gasteiger partial charge >= 0.3 is 0 Å². The minimum absolute atomic E-state index is 0.0381. The number of fused-ring (bicyclic) bond motifs is 1. The fraction of sp³-hybridized carbons (Fsp3) is 0.562. The molecule has 20 heavy (non-hydrogen) atoms. The van der Waals surface area contributed by atoms with Crippen molar-refractivity contribution in [3.63, 3.8) is 0 Å². The molecule has 1 aliphatic rings. The van der Waals surface area contributed by atoms with Crippen molar-refractivity contribution in [2.24, 2.45) is 0 Å². The van der Waals surface area contributed by atoms with Crippen molar-refractivity contribution in [2.75, 3.05) is 26.3 Å². The molecule has 2 rings (SSSR count). The Kier molecular flexibility index (Phi) is 5.56. The van der Waals surface area contributed by atoms with Gasteiger partial charge in [-0.3, -0.25) is 4.79 Å². The van der Waals surface area contributed by atoms with Crippen LogP contribution in [0.15, 0.2) is 18.2 Å². The van der Waals surface area contributed by atoms with E-state index in [4.69, 9.17) is 10.2 Å². The van der Waals surface area contributed by atoms with E-state index in [1.165, 1.54) is 28.9 Å². The van der Waals surface area contributed by atoms with E-state index in [0.717, 1.165) is 18.4 Å². The van der Waals surface area contributed by atoms with Crippen molar-refractivity contribution in [1.29, 1.82) is 0 Å². The lowest BCUT2D eigenvalue weighted by molar-refractivity contribution is -0.131. The van der Waals surface area contributed by atoms with Gasteiger partial charge in [-0.1, -0.05) is 18.2 Å². The minimum Gasteiger partial charge on any atom is -0.395 e. The third-order valence-corrected chi connectivity index (χ3v) is 3.86. The molecule has 0 aliphatic heterocycles. The zero-order valence-corrected chi connectivity index (χ0v) is 11.8. The molecule has 1 aromatic carbocycles. The van der Waals surface area contributed by atoms with Crippen LogP contribution in [0.25, 0.3) is 0 Å². The Balaban J connectivity index is 2.03. The average molecular weight is 277 g/mol. The van der Waals surface area contributed by atoms with Crippen molar-refractivity contribution in [3.8, 4) is 0 Å². The predicted octanol–water partition coefficient (Wildman–Crippen LogP) is 0.921. The summed E-state index contributed by atoms with van der Waals surface area (Å²) in [4.78, 5) is 13.7. The van der Waals surface area contributed by atoms with E-state index < -0.39 is 0 Å². The molecule has 0 radical (unpaired) electrons. The molecule has 0 fully saturated rings. The van der Waals surface area contributed by atoms with E-state index >= 15 is 0 Å². The SMILES string of the molecule is O=C(Cc1ccc2c(c1)CCCC2)N(CCO)CCO. The number of carbonyl (C=O) groups excluding carboxylic acids is 1. The van der Waals surface area contributed by atoms with Gasteiger partial charge in [0.15, 0.2) is 0 Å². The standard InChI is InChI=1S/C16H23NO3/c18-9-7-17(8-10-19)16(20)12-13-5-6-14-3-1-2-4-15(14)11-13/h5-6,11,18-19H,1-4,7-10,12H2. The number of benzene rings is 1. The van der Waals surface area contributed by atoms with Gasteiger partial charge in [-0.15, -0.1) is 0 Å². The van der Waals surface area contributed by atoms with Gasteiger partial charge in [-0.2, -0.15) is 0 Å². The number of aliphatic hydroxyl groups excluding tert-OH is 2. The highest BCUT2D eigenvalue weighted by Crippen LogP contribution is 2.22. The van der Waals surface area contributed by atoms with E-state index in [1.807, 2.05) is 6.07 Å². The Morgan fingerprint density at radius 1 is 1.05 bits per heavy atom. The molecule has 4 nitrogen and oxygen atoms in total. The zero-order valence-electron chi connectivity index (χ0n) is 11.8. The molecule has 1 amide bonds. The number of hydrogen-bond donors (Lipinski definition) is 2. The normalized spacial score (nSPS) is 13.9. The number of aryl methyl sites for hydroxylation is 2.